The largest absolute Gasteiger partial charge is 0.462 e. The van der Waals surface area contributed by atoms with Gasteiger partial charge in [0, 0.05) is 10.3 Å². The first-order chi connectivity index (χ1) is 11.0. The molecule has 2 aromatic heterocycles. The quantitative estimate of drug-likeness (QED) is 0.743. The number of thiophene rings is 1. The fraction of sp³-hybridized carbons (Fsp3) is 0.125. The van der Waals surface area contributed by atoms with Gasteiger partial charge in [-0.2, -0.15) is 0 Å². The Bertz CT molecular complexity index is 943. The van der Waals surface area contributed by atoms with Crippen molar-refractivity contribution in [1.82, 2.24) is 0 Å². The van der Waals surface area contributed by atoms with Crippen LogP contribution in [0.15, 0.2) is 39.5 Å². The predicted molar refractivity (Wildman–Crippen MR) is 86.1 cm³/mol. The lowest BCUT2D eigenvalue weighted by Gasteiger charge is -2.00. The van der Waals surface area contributed by atoms with E-state index in [1.54, 1.807) is 13.0 Å². The molecule has 5 nitrogen and oxygen atoms in total. The predicted octanol–water partition coefficient (Wildman–Crippen LogP) is 3.42. The van der Waals surface area contributed by atoms with Crippen LogP contribution in [0.5, 0.6) is 0 Å². The molecule has 0 saturated carbocycles. The van der Waals surface area contributed by atoms with E-state index >= 15 is 0 Å². The van der Waals surface area contributed by atoms with Crippen molar-refractivity contribution in [3.8, 4) is 11.3 Å². The standard InChI is InChI=1S/C16H12FNO4S/c1-2-21-16(20)14-13(18)12-11(23-14)7-10(22-15(12)19)8-3-5-9(17)6-4-8/h3-7H,2,18H2,1H3. The molecule has 0 atom stereocenters. The number of ether oxygens (including phenoxy) is 1. The van der Waals surface area contributed by atoms with Crippen LogP contribution >= 0.6 is 11.3 Å². The van der Waals surface area contributed by atoms with E-state index in [2.05, 4.69) is 0 Å². The summed E-state index contributed by atoms with van der Waals surface area (Å²) in [4.78, 5) is 24.2. The molecular weight excluding hydrogens is 321 g/mol. The Balaban J connectivity index is 2.17. The smallest absolute Gasteiger partial charge is 0.350 e. The molecule has 118 valence electrons. The van der Waals surface area contributed by atoms with Crippen LogP contribution < -0.4 is 11.4 Å². The molecule has 0 saturated heterocycles. The maximum absolute atomic E-state index is 13.0. The highest BCUT2D eigenvalue weighted by Gasteiger charge is 2.21. The van der Waals surface area contributed by atoms with Gasteiger partial charge in [-0.1, -0.05) is 0 Å². The van der Waals surface area contributed by atoms with Crippen LogP contribution in [-0.4, -0.2) is 12.6 Å². The van der Waals surface area contributed by atoms with Crippen molar-refractivity contribution in [3.63, 3.8) is 0 Å². The zero-order valence-electron chi connectivity index (χ0n) is 12.1. The number of halogens is 1. The third-order valence-electron chi connectivity index (χ3n) is 3.23. The highest BCUT2D eigenvalue weighted by Crippen LogP contribution is 2.34. The van der Waals surface area contributed by atoms with Crippen LogP contribution in [-0.2, 0) is 4.74 Å². The fourth-order valence-corrected chi connectivity index (χ4v) is 3.21. The molecule has 0 aliphatic rings. The number of nitrogen functional groups attached to an aromatic ring is 1. The summed E-state index contributed by atoms with van der Waals surface area (Å²) in [6.07, 6.45) is 0. The number of carbonyl (C=O) groups excluding carboxylic acids is 1. The normalized spacial score (nSPS) is 10.9. The molecule has 0 unspecified atom stereocenters. The van der Waals surface area contributed by atoms with Gasteiger partial charge in [-0.15, -0.1) is 11.3 Å². The fourth-order valence-electron chi connectivity index (χ4n) is 2.18. The molecule has 0 amide bonds. The van der Waals surface area contributed by atoms with Crippen molar-refractivity contribution < 1.29 is 18.3 Å². The van der Waals surface area contributed by atoms with Gasteiger partial charge in [0.2, 0.25) is 0 Å². The van der Waals surface area contributed by atoms with Crippen LogP contribution in [0, 0.1) is 5.82 Å². The van der Waals surface area contributed by atoms with Gasteiger partial charge in [0.1, 0.15) is 21.8 Å². The van der Waals surface area contributed by atoms with Gasteiger partial charge < -0.3 is 14.9 Å². The average molecular weight is 333 g/mol. The van der Waals surface area contributed by atoms with Gasteiger partial charge in [-0.05, 0) is 37.3 Å². The van der Waals surface area contributed by atoms with E-state index in [1.165, 1.54) is 24.3 Å². The Morgan fingerprint density at radius 1 is 1.35 bits per heavy atom. The Kier molecular flexibility index (Phi) is 3.87. The number of hydrogen-bond acceptors (Lipinski definition) is 6. The van der Waals surface area contributed by atoms with E-state index in [0.29, 0.717) is 10.3 Å². The number of nitrogens with two attached hydrogens (primary N) is 1. The minimum Gasteiger partial charge on any atom is -0.462 e. The number of anilines is 1. The second kappa shape index (κ2) is 5.85. The van der Waals surface area contributed by atoms with Crippen molar-refractivity contribution >= 4 is 33.1 Å². The summed E-state index contributed by atoms with van der Waals surface area (Å²) >= 11 is 1.06. The molecule has 23 heavy (non-hydrogen) atoms. The summed E-state index contributed by atoms with van der Waals surface area (Å²) in [5, 5.41) is 0.156. The van der Waals surface area contributed by atoms with Crippen LogP contribution in [0.3, 0.4) is 0 Å². The van der Waals surface area contributed by atoms with Crippen molar-refractivity contribution in [2.24, 2.45) is 0 Å². The van der Waals surface area contributed by atoms with E-state index in [-0.39, 0.29) is 34.1 Å². The summed E-state index contributed by atoms with van der Waals surface area (Å²) in [6, 6.07) is 7.15. The van der Waals surface area contributed by atoms with Crippen molar-refractivity contribution in [3.05, 3.63) is 51.4 Å². The zero-order chi connectivity index (χ0) is 16.6. The number of hydrogen-bond donors (Lipinski definition) is 1. The molecule has 0 bridgehead atoms. The summed E-state index contributed by atoms with van der Waals surface area (Å²) in [7, 11) is 0. The monoisotopic (exact) mass is 333 g/mol. The highest BCUT2D eigenvalue weighted by atomic mass is 32.1. The molecule has 2 N–H and O–H groups in total. The minimum absolute atomic E-state index is 0.0582. The van der Waals surface area contributed by atoms with Crippen LogP contribution in [0.4, 0.5) is 10.1 Å². The summed E-state index contributed by atoms with van der Waals surface area (Å²) in [6.45, 7) is 1.89. The molecule has 3 aromatic rings. The van der Waals surface area contributed by atoms with E-state index in [4.69, 9.17) is 14.9 Å². The molecule has 0 spiro atoms. The Labute approximate surface area is 134 Å². The number of carbonyl (C=O) groups is 1. The maximum atomic E-state index is 13.0. The van der Waals surface area contributed by atoms with Crippen molar-refractivity contribution in [2.75, 3.05) is 12.3 Å². The van der Waals surface area contributed by atoms with Gasteiger partial charge in [-0.25, -0.2) is 14.0 Å². The van der Waals surface area contributed by atoms with Gasteiger partial charge in [-0.3, -0.25) is 0 Å². The second-order valence-electron chi connectivity index (χ2n) is 4.71. The maximum Gasteiger partial charge on any atom is 0.350 e. The number of rotatable bonds is 3. The first kappa shape index (κ1) is 15.2. The molecule has 0 aliphatic heterocycles. The summed E-state index contributed by atoms with van der Waals surface area (Å²) in [5.41, 5.74) is 5.84. The molecule has 3 rings (SSSR count). The lowest BCUT2D eigenvalue weighted by atomic mass is 10.1. The zero-order valence-corrected chi connectivity index (χ0v) is 12.9. The molecule has 1 aromatic carbocycles. The Hall–Kier alpha value is -2.67. The van der Waals surface area contributed by atoms with Crippen LogP contribution in [0.25, 0.3) is 21.4 Å². The topological polar surface area (TPSA) is 82.5 Å². The molecule has 7 heteroatoms. The number of esters is 1. The minimum atomic E-state index is -0.647. The van der Waals surface area contributed by atoms with Crippen LogP contribution in [0.1, 0.15) is 16.6 Å². The number of fused-ring (bicyclic) bond motifs is 1. The van der Waals surface area contributed by atoms with Gasteiger partial charge in [0.15, 0.2) is 0 Å². The molecule has 0 radical (unpaired) electrons. The molecule has 0 fully saturated rings. The van der Waals surface area contributed by atoms with Gasteiger partial charge >= 0.3 is 11.6 Å². The average Bonchev–Trinajstić information content (AvgIpc) is 2.86. The second-order valence-corrected chi connectivity index (χ2v) is 5.76. The summed E-state index contributed by atoms with van der Waals surface area (Å²) < 4.78 is 23.7. The SMILES string of the molecule is CCOC(=O)c1sc2cc(-c3ccc(F)cc3)oc(=O)c2c1N. The molecule has 2 heterocycles. The molecular formula is C16H12FNO4S. The van der Waals surface area contributed by atoms with Crippen molar-refractivity contribution in [2.45, 2.75) is 6.92 Å². The Morgan fingerprint density at radius 2 is 2.04 bits per heavy atom. The summed E-state index contributed by atoms with van der Waals surface area (Å²) in [5.74, 6) is -0.685. The lowest BCUT2D eigenvalue weighted by Crippen LogP contribution is -2.06. The molecule has 0 aliphatic carbocycles. The van der Waals surface area contributed by atoms with Gasteiger partial charge in [0.25, 0.3) is 0 Å². The lowest BCUT2D eigenvalue weighted by molar-refractivity contribution is 0.0533. The number of benzene rings is 1. The van der Waals surface area contributed by atoms with Gasteiger partial charge in [0.05, 0.1) is 12.3 Å². The van der Waals surface area contributed by atoms with Crippen molar-refractivity contribution in [1.29, 1.82) is 0 Å². The van der Waals surface area contributed by atoms with Crippen LogP contribution in [0.2, 0.25) is 0 Å². The highest BCUT2D eigenvalue weighted by molar-refractivity contribution is 7.21. The van der Waals surface area contributed by atoms with E-state index in [0.717, 1.165) is 11.3 Å². The third kappa shape index (κ3) is 2.70. The third-order valence-corrected chi connectivity index (χ3v) is 4.36. The van der Waals surface area contributed by atoms with E-state index < -0.39 is 11.6 Å². The Morgan fingerprint density at radius 3 is 2.70 bits per heavy atom. The van der Waals surface area contributed by atoms with E-state index in [9.17, 15) is 14.0 Å². The van der Waals surface area contributed by atoms with E-state index in [1.807, 2.05) is 0 Å². The first-order valence-electron chi connectivity index (χ1n) is 6.80. The first-order valence-corrected chi connectivity index (χ1v) is 7.62.